The summed E-state index contributed by atoms with van der Waals surface area (Å²) < 4.78 is 7.03. The Balaban J connectivity index is 1.80. The van der Waals surface area contributed by atoms with Gasteiger partial charge in [-0.1, -0.05) is 18.0 Å². The van der Waals surface area contributed by atoms with Gasteiger partial charge >= 0.3 is 0 Å². The smallest absolute Gasteiger partial charge is 0.261 e. The molecule has 1 saturated heterocycles. The van der Waals surface area contributed by atoms with Crippen LogP contribution in [0.2, 0.25) is 0 Å². The maximum absolute atomic E-state index is 5.30. The van der Waals surface area contributed by atoms with Crippen molar-refractivity contribution >= 4 is 0 Å². The van der Waals surface area contributed by atoms with Crippen molar-refractivity contribution in [3.8, 4) is 11.5 Å². The van der Waals surface area contributed by atoms with E-state index in [4.69, 9.17) is 4.52 Å². The quantitative estimate of drug-likeness (QED) is 0.874. The average molecular weight is 247 g/mol. The van der Waals surface area contributed by atoms with Crippen LogP contribution < -0.4 is 5.32 Å². The van der Waals surface area contributed by atoms with Gasteiger partial charge < -0.3 is 9.84 Å². The Morgan fingerprint density at radius 2 is 2.33 bits per heavy atom. The molecule has 3 heterocycles. The molecule has 1 aliphatic rings. The van der Waals surface area contributed by atoms with E-state index < -0.39 is 0 Å². The van der Waals surface area contributed by atoms with Gasteiger partial charge in [0.25, 0.3) is 5.89 Å². The molecule has 2 aromatic rings. The van der Waals surface area contributed by atoms with Crippen LogP contribution in [0.1, 0.15) is 37.5 Å². The van der Waals surface area contributed by atoms with Crippen LogP contribution in [-0.2, 0) is 7.05 Å². The number of aromatic nitrogens is 4. The van der Waals surface area contributed by atoms with Gasteiger partial charge in [-0.3, -0.25) is 4.68 Å². The van der Waals surface area contributed by atoms with E-state index >= 15 is 0 Å². The van der Waals surface area contributed by atoms with Gasteiger partial charge in [0.05, 0.1) is 17.8 Å². The van der Waals surface area contributed by atoms with E-state index in [1.807, 2.05) is 13.2 Å². The van der Waals surface area contributed by atoms with Crippen LogP contribution in [-0.4, -0.2) is 26.5 Å². The number of nitrogens with zero attached hydrogens (tertiary/aromatic N) is 4. The molecule has 1 fully saturated rings. The fourth-order valence-electron chi connectivity index (χ4n) is 2.27. The van der Waals surface area contributed by atoms with Gasteiger partial charge in [0.1, 0.15) is 0 Å². The molecule has 18 heavy (non-hydrogen) atoms. The fourth-order valence-corrected chi connectivity index (χ4v) is 2.27. The molecule has 1 atom stereocenters. The first kappa shape index (κ1) is 11.4. The molecule has 0 aliphatic carbocycles. The third kappa shape index (κ3) is 2.28. The summed E-state index contributed by atoms with van der Waals surface area (Å²) in [6, 6.07) is 0.224. The zero-order valence-electron chi connectivity index (χ0n) is 10.5. The Morgan fingerprint density at radius 3 is 3.17 bits per heavy atom. The lowest BCUT2D eigenvalue weighted by molar-refractivity contribution is 0.402. The molecule has 96 valence electrons. The third-order valence-corrected chi connectivity index (χ3v) is 3.27. The Labute approximate surface area is 105 Å². The van der Waals surface area contributed by atoms with E-state index in [1.165, 1.54) is 19.3 Å². The van der Waals surface area contributed by atoms with Gasteiger partial charge in [-0.15, -0.1) is 0 Å². The Morgan fingerprint density at radius 1 is 1.39 bits per heavy atom. The van der Waals surface area contributed by atoms with Crippen molar-refractivity contribution in [3.05, 3.63) is 18.2 Å². The molecule has 6 heteroatoms. The summed E-state index contributed by atoms with van der Waals surface area (Å²) in [4.78, 5) is 4.47. The van der Waals surface area contributed by atoms with Gasteiger partial charge in [0, 0.05) is 13.2 Å². The minimum absolute atomic E-state index is 0.224. The topological polar surface area (TPSA) is 68.8 Å². The zero-order valence-corrected chi connectivity index (χ0v) is 10.5. The molecule has 0 saturated carbocycles. The number of hydrogen-bond acceptors (Lipinski definition) is 5. The summed E-state index contributed by atoms with van der Waals surface area (Å²) in [6.45, 7) is 1.03. The predicted molar refractivity (Wildman–Crippen MR) is 65.7 cm³/mol. The van der Waals surface area contributed by atoms with Crippen LogP contribution in [0.25, 0.3) is 11.5 Å². The van der Waals surface area contributed by atoms with Crippen molar-refractivity contribution in [2.75, 3.05) is 6.54 Å². The van der Waals surface area contributed by atoms with Crippen LogP contribution >= 0.6 is 0 Å². The summed E-state index contributed by atoms with van der Waals surface area (Å²) in [7, 11) is 1.87. The SMILES string of the molecule is Cn1cc(-c2nc(C3CCCCCN3)no2)cn1. The molecule has 0 aromatic carbocycles. The molecular formula is C12H17N5O. The summed E-state index contributed by atoms with van der Waals surface area (Å²) in [5, 5.41) is 11.6. The van der Waals surface area contributed by atoms with E-state index in [0.29, 0.717) is 5.89 Å². The highest BCUT2D eigenvalue weighted by Gasteiger charge is 2.20. The minimum atomic E-state index is 0.224. The highest BCUT2D eigenvalue weighted by atomic mass is 16.5. The van der Waals surface area contributed by atoms with Gasteiger partial charge in [0.15, 0.2) is 5.82 Å². The molecule has 3 rings (SSSR count). The van der Waals surface area contributed by atoms with Crippen LogP contribution in [0, 0.1) is 0 Å². The largest absolute Gasteiger partial charge is 0.334 e. The monoisotopic (exact) mass is 247 g/mol. The maximum Gasteiger partial charge on any atom is 0.261 e. The first-order valence-electron chi connectivity index (χ1n) is 6.39. The number of rotatable bonds is 2. The number of aryl methyl sites for hydroxylation is 1. The summed E-state index contributed by atoms with van der Waals surface area (Å²) in [6.07, 6.45) is 8.40. The molecular weight excluding hydrogens is 230 g/mol. The lowest BCUT2D eigenvalue weighted by Gasteiger charge is -2.09. The van der Waals surface area contributed by atoms with Crippen molar-refractivity contribution in [1.82, 2.24) is 25.2 Å². The van der Waals surface area contributed by atoms with E-state index in [2.05, 4.69) is 20.6 Å². The highest BCUT2D eigenvalue weighted by Crippen LogP contribution is 2.23. The van der Waals surface area contributed by atoms with Gasteiger partial charge in [-0.2, -0.15) is 10.1 Å². The molecule has 2 aromatic heterocycles. The van der Waals surface area contributed by atoms with Crippen molar-refractivity contribution in [2.24, 2.45) is 7.05 Å². The fraction of sp³-hybridized carbons (Fsp3) is 0.583. The second kappa shape index (κ2) is 4.89. The van der Waals surface area contributed by atoms with E-state index in [9.17, 15) is 0 Å². The summed E-state index contributed by atoms with van der Waals surface area (Å²) in [5.41, 5.74) is 0.866. The molecule has 0 amide bonds. The van der Waals surface area contributed by atoms with Gasteiger partial charge in [-0.05, 0) is 19.4 Å². The normalized spacial score (nSPS) is 20.8. The Kier molecular flexibility index (Phi) is 3.10. The van der Waals surface area contributed by atoms with Crippen LogP contribution in [0.3, 0.4) is 0 Å². The number of nitrogens with one attached hydrogen (secondary N) is 1. The average Bonchev–Trinajstić information content (AvgIpc) is 2.92. The summed E-state index contributed by atoms with van der Waals surface area (Å²) in [5.74, 6) is 1.31. The first-order valence-corrected chi connectivity index (χ1v) is 6.39. The molecule has 0 radical (unpaired) electrons. The Hall–Kier alpha value is -1.69. The molecule has 0 spiro atoms. The second-order valence-corrected chi connectivity index (χ2v) is 4.72. The maximum atomic E-state index is 5.30. The van der Waals surface area contributed by atoms with Crippen molar-refractivity contribution in [1.29, 1.82) is 0 Å². The third-order valence-electron chi connectivity index (χ3n) is 3.27. The second-order valence-electron chi connectivity index (χ2n) is 4.72. The standard InChI is InChI=1S/C12H17N5O/c1-17-8-9(7-14-17)12-15-11(16-18-12)10-5-3-2-4-6-13-10/h7-8,10,13H,2-6H2,1H3. The van der Waals surface area contributed by atoms with Crippen LogP contribution in [0.15, 0.2) is 16.9 Å². The molecule has 6 nitrogen and oxygen atoms in total. The van der Waals surface area contributed by atoms with Gasteiger partial charge in [-0.25, -0.2) is 0 Å². The first-order chi connectivity index (χ1) is 8.83. The van der Waals surface area contributed by atoms with Crippen LogP contribution in [0.4, 0.5) is 0 Å². The predicted octanol–water partition coefficient (Wildman–Crippen LogP) is 1.67. The molecule has 0 bridgehead atoms. The van der Waals surface area contributed by atoms with Gasteiger partial charge in [0.2, 0.25) is 0 Å². The van der Waals surface area contributed by atoms with Crippen molar-refractivity contribution in [2.45, 2.75) is 31.7 Å². The lowest BCUT2D eigenvalue weighted by Crippen LogP contribution is -2.21. The summed E-state index contributed by atoms with van der Waals surface area (Å²) >= 11 is 0. The highest BCUT2D eigenvalue weighted by molar-refractivity contribution is 5.49. The number of hydrogen-bond donors (Lipinski definition) is 1. The molecule has 1 aliphatic heterocycles. The van der Waals surface area contributed by atoms with Crippen LogP contribution in [0.5, 0.6) is 0 Å². The minimum Gasteiger partial charge on any atom is -0.334 e. The Bertz CT molecular complexity index is 510. The van der Waals surface area contributed by atoms with Crippen molar-refractivity contribution in [3.63, 3.8) is 0 Å². The lowest BCUT2D eigenvalue weighted by atomic mass is 10.1. The molecule has 1 unspecified atom stereocenters. The van der Waals surface area contributed by atoms with E-state index in [-0.39, 0.29) is 6.04 Å². The van der Waals surface area contributed by atoms with Crippen molar-refractivity contribution < 1.29 is 4.52 Å². The van der Waals surface area contributed by atoms with E-state index in [0.717, 1.165) is 24.4 Å². The van der Waals surface area contributed by atoms with E-state index in [1.54, 1.807) is 10.9 Å². The molecule has 1 N–H and O–H groups in total. The zero-order chi connectivity index (χ0) is 12.4.